The number of ether oxygens (including phenoxy) is 2. The number of hydrogen-bond donors (Lipinski definition) is 1. The Labute approximate surface area is 154 Å². The van der Waals surface area contributed by atoms with E-state index in [-0.39, 0.29) is 29.7 Å². The largest absolute Gasteiger partial charge is 0.465 e. The van der Waals surface area contributed by atoms with Gasteiger partial charge in [-0.25, -0.2) is 18.4 Å². The van der Waals surface area contributed by atoms with Crippen LogP contribution in [0, 0.1) is 11.6 Å². The maximum atomic E-state index is 13.2. The van der Waals surface area contributed by atoms with Crippen LogP contribution < -0.4 is 5.32 Å². The van der Waals surface area contributed by atoms with Gasteiger partial charge >= 0.3 is 11.9 Å². The number of anilines is 1. The van der Waals surface area contributed by atoms with Gasteiger partial charge in [-0.15, -0.1) is 0 Å². The SMILES string of the molecule is COC(=O)c1ccc(C(=O)OC)c(NC(=O)CCc2ccc(F)c(F)c2)c1. The average molecular weight is 377 g/mol. The van der Waals surface area contributed by atoms with Gasteiger partial charge in [-0.3, -0.25) is 4.79 Å². The Bertz CT molecular complexity index is 882. The summed E-state index contributed by atoms with van der Waals surface area (Å²) in [6.07, 6.45) is 0.113. The van der Waals surface area contributed by atoms with Gasteiger partial charge in [0.1, 0.15) is 0 Å². The van der Waals surface area contributed by atoms with Crippen molar-refractivity contribution in [3.8, 4) is 0 Å². The number of hydrogen-bond acceptors (Lipinski definition) is 5. The third-order valence-corrected chi connectivity index (χ3v) is 3.74. The van der Waals surface area contributed by atoms with Crippen LogP contribution in [0.25, 0.3) is 0 Å². The van der Waals surface area contributed by atoms with Crippen LogP contribution >= 0.6 is 0 Å². The molecule has 0 spiro atoms. The molecule has 0 aromatic heterocycles. The van der Waals surface area contributed by atoms with E-state index in [0.717, 1.165) is 12.1 Å². The van der Waals surface area contributed by atoms with Crippen molar-refractivity contribution in [3.05, 3.63) is 64.7 Å². The summed E-state index contributed by atoms with van der Waals surface area (Å²) in [4.78, 5) is 35.7. The van der Waals surface area contributed by atoms with Gasteiger partial charge in [-0.1, -0.05) is 6.07 Å². The van der Waals surface area contributed by atoms with E-state index in [2.05, 4.69) is 14.8 Å². The van der Waals surface area contributed by atoms with Gasteiger partial charge in [0, 0.05) is 6.42 Å². The fourth-order valence-electron chi connectivity index (χ4n) is 2.35. The molecule has 6 nitrogen and oxygen atoms in total. The number of esters is 2. The highest BCUT2D eigenvalue weighted by Crippen LogP contribution is 2.20. The first kappa shape index (κ1) is 20.0. The number of carbonyl (C=O) groups excluding carboxylic acids is 3. The van der Waals surface area contributed by atoms with Crippen LogP contribution in [0.4, 0.5) is 14.5 Å². The van der Waals surface area contributed by atoms with Crippen molar-refractivity contribution in [1.29, 1.82) is 0 Å². The molecule has 2 aromatic rings. The van der Waals surface area contributed by atoms with Gasteiger partial charge in [0.05, 0.1) is 31.0 Å². The second-order valence-corrected chi connectivity index (χ2v) is 5.54. The van der Waals surface area contributed by atoms with Crippen molar-refractivity contribution in [3.63, 3.8) is 0 Å². The Morgan fingerprint density at radius 2 is 1.63 bits per heavy atom. The Balaban J connectivity index is 2.15. The zero-order chi connectivity index (χ0) is 20.0. The lowest BCUT2D eigenvalue weighted by Gasteiger charge is -2.11. The number of methoxy groups -OCH3 is 2. The standard InChI is InChI=1S/C19H17F2NO5/c1-26-18(24)12-5-6-13(19(25)27-2)16(10-12)22-17(23)8-4-11-3-7-14(20)15(21)9-11/h3,5-7,9-10H,4,8H2,1-2H3,(H,22,23). The molecule has 8 heteroatoms. The van der Waals surface area contributed by atoms with Crippen LogP contribution in [0.3, 0.4) is 0 Å². The lowest BCUT2D eigenvalue weighted by molar-refractivity contribution is -0.116. The van der Waals surface area contributed by atoms with Gasteiger partial charge in [-0.05, 0) is 42.3 Å². The summed E-state index contributed by atoms with van der Waals surface area (Å²) in [6.45, 7) is 0. The molecular formula is C19H17F2NO5. The maximum absolute atomic E-state index is 13.2. The molecule has 0 aliphatic rings. The van der Waals surface area contributed by atoms with Gasteiger partial charge in [0.15, 0.2) is 11.6 Å². The van der Waals surface area contributed by atoms with E-state index in [9.17, 15) is 23.2 Å². The number of amides is 1. The fraction of sp³-hybridized carbons (Fsp3) is 0.211. The Hall–Kier alpha value is -3.29. The van der Waals surface area contributed by atoms with Crippen LogP contribution in [-0.4, -0.2) is 32.1 Å². The second-order valence-electron chi connectivity index (χ2n) is 5.54. The molecule has 2 rings (SSSR count). The van der Waals surface area contributed by atoms with Gasteiger partial charge in [0.2, 0.25) is 5.91 Å². The lowest BCUT2D eigenvalue weighted by atomic mass is 10.1. The zero-order valence-corrected chi connectivity index (χ0v) is 14.7. The van der Waals surface area contributed by atoms with Gasteiger partial charge in [0.25, 0.3) is 0 Å². The molecule has 0 saturated carbocycles. The van der Waals surface area contributed by atoms with Gasteiger partial charge < -0.3 is 14.8 Å². The molecule has 0 atom stereocenters. The van der Waals surface area contributed by atoms with Crippen molar-refractivity contribution >= 4 is 23.5 Å². The number of carbonyl (C=O) groups is 3. The molecule has 0 saturated heterocycles. The molecule has 0 aliphatic heterocycles. The normalized spacial score (nSPS) is 10.2. The highest BCUT2D eigenvalue weighted by atomic mass is 19.2. The highest BCUT2D eigenvalue weighted by Gasteiger charge is 2.17. The number of nitrogens with one attached hydrogen (secondary N) is 1. The minimum absolute atomic E-state index is 0.0475. The predicted molar refractivity (Wildman–Crippen MR) is 92.4 cm³/mol. The first-order valence-electron chi connectivity index (χ1n) is 7.90. The molecule has 0 unspecified atom stereocenters. The summed E-state index contributed by atoms with van der Waals surface area (Å²) in [5.41, 5.74) is 0.730. The minimum Gasteiger partial charge on any atom is -0.465 e. The van der Waals surface area contributed by atoms with Crippen LogP contribution in [-0.2, 0) is 20.7 Å². The quantitative estimate of drug-likeness (QED) is 0.783. The zero-order valence-electron chi connectivity index (χ0n) is 14.7. The average Bonchev–Trinajstić information content (AvgIpc) is 2.67. The molecule has 0 heterocycles. The first-order valence-corrected chi connectivity index (χ1v) is 7.90. The number of rotatable bonds is 6. The van der Waals surface area contributed by atoms with E-state index in [1.807, 2.05) is 0 Å². The van der Waals surface area contributed by atoms with E-state index in [4.69, 9.17) is 0 Å². The summed E-state index contributed by atoms with van der Waals surface area (Å²) >= 11 is 0. The van der Waals surface area contributed by atoms with Crippen LogP contribution in [0.5, 0.6) is 0 Å². The third-order valence-electron chi connectivity index (χ3n) is 3.74. The topological polar surface area (TPSA) is 81.7 Å². The van der Waals surface area contributed by atoms with E-state index in [1.165, 1.54) is 38.5 Å². The molecule has 0 fully saturated rings. The Morgan fingerprint density at radius 1 is 0.926 bits per heavy atom. The summed E-state index contributed by atoms with van der Waals surface area (Å²) in [7, 11) is 2.39. The van der Waals surface area contributed by atoms with E-state index in [1.54, 1.807) is 0 Å². The monoisotopic (exact) mass is 377 g/mol. The lowest BCUT2D eigenvalue weighted by Crippen LogP contribution is -2.17. The summed E-state index contributed by atoms with van der Waals surface area (Å²) in [5.74, 6) is -3.77. The fourth-order valence-corrected chi connectivity index (χ4v) is 2.35. The molecular weight excluding hydrogens is 360 g/mol. The van der Waals surface area contributed by atoms with Crippen molar-refractivity contribution in [1.82, 2.24) is 0 Å². The van der Waals surface area contributed by atoms with Crippen LogP contribution in [0.15, 0.2) is 36.4 Å². The van der Waals surface area contributed by atoms with Crippen molar-refractivity contribution < 1.29 is 32.6 Å². The molecule has 0 radical (unpaired) electrons. The number of halogens is 2. The van der Waals surface area contributed by atoms with Crippen molar-refractivity contribution in [2.24, 2.45) is 0 Å². The van der Waals surface area contributed by atoms with E-state index < -0.39 is 29.5 Å². The summed E-state index contributed by atoms with van der Waals surface area (Å²) in [5, 5.41) is 2.53. The molecule has 1 N–H and O–H groups in total. The number of aryl methyl sites for hydroxylation is 1. The molecule has 142 valence electrons. The van der Waals surface area contributed by atoms with E-state index >= 15 is 0 Å². The first-order chi connectivity index (χ1) is 12.8. The molecule has 1 amide bonds. The maximum Gasteiger partial charge on any atom is 0.339 e. The second kappa shape index (κ2) is 8.88. The van der Waals surface area contributed by atoms with Gasteiger partial charge in [-0.2, -0.15) is 0 Å². The summed E-state index contributed by atoms with van der Waals surface area (Å²) in [6, 6.07) is 7.38. The smallest absolute Gasteiger partial charge is 0.339 e. The highest BCUT2D eigenvalue weighted by molar-refractivity contribution is 6.03. The minimum atomic E-state index is -0.994. The third kappa shape index (κ3) is 5.10. The Kier molecular flexibility index (Phi) is 6.59. The van der Waals surface area contributed by atoms with E-state index in [0.29, 0.717) is 5.56 Å². The van der Waals surface area contributed by atoms with Crippen molar-refractivity contribution in [2.45, 2.75) is 12.8 Å². The molecule has 0 aliphatic carbocycles. The molecule has 0 bridgehead atoms. The van der Waals surface area contributed by atoms with Crippen molar-refractivity contribution in [2.75, 3.05) is 19.5 Å². The number of benzene rings is 2. The van der Waals surface area contributed by atoms with Crippen LogP contribution in [0.2, 0.25) is 0 Å². The molecule has 27 heavy (non-hydrogen) atoms. The predicted octanol–water partition coefficient (Wildman–Crippen LogP) is 3.11. The molecule has 2 aromatic carbocycles. The van der Waals surface area contributed by atoms with Crippen LogP contribution in [0.1, 0.15) is 32.7 Å². The Morgan fingerprint density at radius 3 is 2.26 bits per heavy atom. The summed E-state index contributed by atoms with van der Waals surface area (Å²) < 4.78 is 35.4.